The molecule has 0 nitrogen and oxygen atoms in total. The van der Waals surface area contributed by atoms with Crippen molar-refractivity contribution in [3.8, 4) is 0 Å². The summed E-state index contributed by atoms with van der Waals surface area (Å²) in [5.74, 6) is 0. The van der Waals surface area contributed by atoms with Crippen LogP contribution in [-0.2, 0) is 17.1 Å². The summed E-state index contributed by atoms with van der Waals surface area (Å²) >= 11 is 0. The molecule has 128 valence electrons. The van der Waals surface area contributed by atoms with Gasteiger partial charge in [-0.1, -0.05) is 91.0 Å². The van der Waals surface area contributed by atoms with Gasteiger partial charge >= 0.3 is 17.1 Å². The molecule has 3 aromatic rings. The van der Waals surface area contributed by atoms with Gasteiger partial charge in [0.15, 0.2) is 6.68 Å². The first-order valence-corrected chi connectivity index (χ1v) is 8.31. The van der Waals surface area contributed by atoms with E-state index in [9.17, 15) is 13.2 Å². The summed E-state index contributed by atoms with van der Waals surface area (Å²) in [6.45, 7) is -3.08. The Kier molecular flexibility index (Phi) is 9.41. The van der Waals surface area contributed by atoms with Crippen LogP contribution in [0.1, 0.15) is 0 Å². The summed E-state index contributed by atoms with van der Waals surface area (Å²) in [5.41, 5.74) is 0. The van der Waals surface area contributed by atoms with E-state index in [0.717, 1.165) is 0 Å². The van der Waals surface area contributed by atoms with Crippen LogP contribution < -0.4 is 15.9 Å². The third-order valence-electron chi connectivity index (χ3n) is 3.04. The number of halogens is 3. The zero-order chi connectivity index (χ0) is 16.5. The van der Waals surface area contributed by atoms with Crippen molar-refractivity contribution in [2.24, 2.45) is 0 Å². The average Bonchev–Trinajstić information content (AvgIpc) is 2.58. The molecule has 0 aliphatic heterocycles. The minimum atomic E-state index is -3.08. The summed E-state index contributed by atoms with van der Waals surface area (Å²) in [7, 11) is -0.446. The molecule has 0 bridgehead atoms. The maximum atomic E-state index is 9.58. The Bertz CT molecular complexity index is 582. The fourth-order valence-corrected chi connectivity index (χ4v) is 4.48. The molecule has 0 heterocycles. The molecule has 3 aromatic carbocycles. The third kappa shape index (κ3) is 6.49. The molecule has 0 N–H and O–H groups in total. The Morgan fingerprint density at radius 3 is 0.917 bits per heavy atom. The van der Waals surface area contributed by atoms with Crippen LogP contribution in [0.5, 0.6) is 0 Å². The molecule has 0 saturated heterocycles. The fourth-order valence-electron chi connectivity index (χ4n) is 2.18. The Morgan fingerprint density at radius 1 is 0.500 bits per heavy atom. The van der Waals surface area contributed by atoms with E-state index in [1.807, 2.05) is 0 Å². The molecular weight excluding hydrogens is 380 g/mol. The van der Waals surface area contributed by atoms with Crippen LogP contribution in [0.4, 0.5) is 13.2 Å². The van der Waals surface area contributed by atoms with Crippen molar-refractivity contribution in [2.45, 2.75) is 0 Å². The maximum absolute atomic E-state index is 9.58. The maximum Gasteiger partial charge on any atom is 1.00 e. The summed E-state index contributed by atoms with van der Waals surface area (Å²) in [4.78, 5) is 0. The van der Waals surface area contributed by atoms with Gasteiger partial charge in [0.25, 0.3) is 0 Å². The predicted octanol–water partition coefficient (Wildman–Crippen LogP) is 4.78. The van der Waals surface area contributed by atoms with Crippen LogP contribution in [0.2, 0.25) is 0 Å². The van der Waals surface area contributed by atoms with E-state index in [2.05, 4.69) is 91.0 Å². The van der Waals surface area contributed by atoms with E-state index in [1.165, 1.54) is 15.9 Å². The second-order valence-electron chi connectivity index (χ2n) is 4.56. The number of benzene rings is 3. The van der Waals surface area contributed by atoms with Crippen LogP contribution in [-0.4, -0.2) is 0 Å². The Balaban J connectivity index is 0.000000522. The second kappa shape index (κ2) is 11.0. The van der Waals surface area contributed by atoms with Crippen molar-refractivity contribution in [1.29, 1.82) is 0 Å². The standard InChI is InChI=1S/C18H15P.CF3.Cu/c1-4-10-16(11-5-1)19(17-12-6-2-7-13-17)18-14-8-3-9-15-18;2-1(3)4;/h1-15H;;/q;-1;+1. The second-order valence-corrected chi connectivity index (χ2v) is 6.78. The van der Waals surface area contributed by atoms with E-state index in [1.54, 1.807) is 0 Å². The van der Waals surface area contributed by atoms with Crippen LogP contribution >= 0.6 is 7.92 Å². The van der Waals surface area contributed by atoms with E-state index < -0.39 is 14.6 Å². The SMILES string of the molecule is F[C-](F)F.[Cu+].c1ccc(P(c2ccccc2)c2ccccc2)cc1. The molecule has 0 fully saturated rings. The van der Waals surface area contributed by atoms with Gasteiger partial charge in [0.2, 0.25) is 0 Å². The van der Waals surface area contributed by atoms with Crippen molar-refractivity contribution in [2.75, 3.05) is 0 Å². The first-order valence-electron chi connectivity index (χ1n) is 6.97. The van der Waals surface area contributed by atoms with E-state index in [-0.39, 0.29) is 17.1 Å². The molecular formula is C19H15CuF3P. The summed E-state index contributed by atoms with van der Waals surface area (Å²) in [5, 5.41) is 4.19. The summed E-state index contributed by atoms with van der Waals surface area (Å²) in [6.07, 6.45) is 0. The Labute approximate surface area is 152 Å². The zero-order valence-electron chi connectivity index (χ0n) is 12.5. The average molecular weight is 395 g/mol. The van der Waals surface area contributed by atoms with Gasteiger partial charge in [-0.05, 0) is 23.8 Å². The van der Waals surface area contributed by atoms with Gasteiger partial charge < -0.3 is 13.2 Å². The smallest absolute Gasteiger partial charge is 0.385 e. The number of hydrogen-bond donors (Lipinski definition) is 0. The normalized spacial score (nSPS) is 9.88. The minimum Gasteiger partial charge on any atom is -0.385 e. The molecule has 0 aliphatic carbocycles. The van der Waals surface area contributed by atoms with Crippen molar-refractivity contribution in [3.63, 3.8) is 0 Å². The van der Waals surface area contributed by atoms with E-state index in [4.69, 9.17) is 0 Å². The Hall–Kier alpha value is -1.60. The summed E-state index contributed by atoms with van der Waals surface area (Å²) in [6, 6.07) is 32.3. The molecule has 0 spiro atoms. The molecule has 0 aromatic heterocycles. The van der Waals surface area contributed by atoms with Gasteiger partial charge in [0.1, 0.15) is 0 Å². The molecule has 0 saturated carbocycles. The molecule has 0 unspecified atom stereocenters. The molecule has 0 atom stereocenters. The minimum absolute atomic E-state index is 0. The molecule has 0 amide bonds. The zero-order valence-corrected chi connectivity index (χ0v) is 14.4. The van der Waals surface area contributed by atoms with Crippen molar-refractivity contribution >= 4 is 23.8 Å². The molecule has 0 aliphatic rings. The molecule has 24 heavy (non-hydrogen) atoms. The van der Waals surface area contributed by atoms with Crippen molar-refractivity contribution < 1.29 is 30.2 Å². The first-order chi connectivity index (χ1) is 11.2. The van der Waals surface area contributed by atoms with Crippen LogP contribution in [0.3, 0.4) is 0 Å². The number of hydrogen-bond acceptors (Lipinski definition) is 0. The van der Waals surface area contributed by atoms with Crippen LogP contribution in [0.15, 0.2) is 91.0 Å². The third-order valence-corrected chi connectivity index (χ3v) is 5.49. The van der Waals surface area contributed by atoms with Crippen LogP contribution in [0, 0.1) is 6.68 Å². The number of rotatable bonds is 3. The van der Waals surface area contributed by atoms with Gasteiger partial charge in [-0.25, -0.2) is 0 Å². The van der Waals surface area contributed by atoms with Crippen LogP contribution in [0.25, 0.3) is 0 Å². The van der Waals surface area contributed by atoms with Crippen molar-refractivity contribution in [3.05, 3.63) is 97.7 Å². The largest absolute Gasteiger partial charge is 1.00 e. The van der Waals surface area contributed by atoms with Gasteiger partial charge in [-0.15, -0.1) is 0 Å². The molecule has 5 heteroatoms. The van der Waals surface area contributed by atoms with Gasteiger partial charge in [0, 0.05) is 0 Å². The van der Waals surface area contributed by atoms with Gasteiger partial charge in [0.05, 0.1) is 0 Å². The molecule has 0 radical (unpaired) electrons. The fraction of sp³-hybridized carbons (Fsp3) is 0. The van der Waals surface area contributed by atoms with Crippen molar-refractivity contribution in [1.82, 2.24) is 0 Å². The van der Waals surface area contributed by atoms with Gasteiger partial charge in [-0.2, -0.15) is 0 Å². The topological polar surface area (TPSA) is 0 Å². The monoisotopic (exact) mass is 394 g/mol. The summed E-state index contributed by atoms with van der Waals surface area (Å²) < 4.78 is 28.8. The molecule has 3 rings (SSSR count). The predicted molar refractivity (Wildman–Crippen MR) is 91.7 cm³/mol. The Morgan fingerprint density at radius 2 is 0.708 bits per heavy atom. The van der Waals surface area contributed by atoms with E-state index in [0.29, 0.717) is 0 Å². The quantitative estimate of drug-likeness (QED) is 0.340. The first kappa shape index (κ1) is 20.4. The van der Waals surface area contributed by atoms with E-state index >= 15 is 0 Å². The van der Waals surface area contributed by atoms with Gasteiger partial charge in [-0.3, -0.25) is 0 Å².